The number of aryl methyl sites for hydroxylation is 2. The van der Waals surface area contributed by atoms with Gasteiger partial charge in [0.25, 0.3) is 0 Å². The Kier molecular flexibility index (Phi) is 4.55. The predicted octanol–water partition coefficient (Wildman–Crippen LogP) is 2.56. The van der Waals surface area contributed by atoms with Crippen molar-refractivity contribution < 1.29 is 4.74 Å². The maximum Gasteiger partial charge on any atom is 0.125 e. The number of nitrogens with one attached hydrogen (secondary N) is 1. The number of benzene rings is 1. The number of ether oxygens (including phenoxy) is 1. The van der Waals surface area contributed by atoms with Gasteiger partial charge in [0.1, 0.15) is 5.82 Å². The van der Waals surface area contributed by atoms with Crippen LogP contribution in [-0.2, 0) is 25.4 Å². The molecule has 6 nitrogen and oxygen atoms in total. The second kappa shape index (κ2) is 6.98. The van der Waals surface area contributed by atoms with Gasteiger partial charge in [-0.15, -0.1) is 0 Å². The fraction of sp³-hybridized carbons (Fsp3) is 0.474. The van der Waals surface area contributed by atoms with Gasteiger partial charge in [-0.05, 0) is 36.5 Å². The van der Waals surface area contributed by atoms with Gasteiger partial charge in [-0.25, -0.2) is 9.97 Å². The summed E-state index contributed by atoms with van der Waals surface area (Å²) in [6, 6.07) is 6.73. The summed E-state index contributed by atoms with van der Waals surface area (Å²) in [6.07, 6.45) is 7.90. The summed E-state index contributed by atoms with van der Waals surface area (Å²) in [7, 11) is 4.09. The fourth-order valence-electron chi connectivity index (χ4n) is 3.71. The molecule has 1 aliphatic heterocycles. The van der Waals surface area contributed by atoms with Crippen molar-refractivity contribution in [2.45, 2.75) is 25.4 Å². The van der Waals surface area contributed by atoms with Gasteiger partial charge in [-0.2, -0.15) is 0 Å². The number of imidazole rings is 2. The number of hydrogen-bond acceptors (Lipinski definition) is 4. The molecular formula is C19H25N5O. The molecule has 0 radical (unpaired) electrons. The van der Waals surface area contributed by atoms with Crippen molar-refractivity contribution in [3.05, 3.63) is 48.3 Å². The number of hydrogen-bond donors (Lipinski definition) is 1. The Bertz CT molecular complexity index is 846. The SMILES string of the molecule is Cn1ccnc1[C@@H](NCc1ccc2c(c1)ncn2C)C1CCOCC1. The molecule has 3 heterocycles. The minimum absolute atomic E-state index is 0.239. The number of nitrogens with zero attached hydrogens (tertiary/aromatic N) is 4. The van der Waals surface area contributed by atoms with E-state index in [1.807, 2.05) is 30.3 Å². The van der Waals surface area contributed by atoms with Gasteiger partial charge in [-0.3, -0.25) is 0 Å². The molecule has 132 valence electrons. The molecule has 25 heavy (non-hydrogen) atoms. The van der Waals surface area contributed by atoms with E-state index in [1.165, 1.54) is 5.56 Å². The Morgan fingerprint density at radius 3 is 2.80 bits per heavy atom. The summed E-state index contributed by atoms with van der Waals surface area (Å²) in [4.78, 5) is 9.06. The average Bonchev–Trinajstić information content (AvgIpc) is 3.22. The lowest BCUT2D eigenvalue weighted by Crippen LogP contribution is -2.33. The number of aromatic nitrogens is 4. The minimum atomic E-state index is 0.239. The molecule has 1 fully saturated rings. The Balaban J connectivity index is 1.54. The monoisotopic (exact) mass is 339 g/mol. The molecular weight excluding hydrogens is 314 g/mol. The van der Waals surface area contributed by atoms with Crippen LogP contribution in [0.1, 0.15) is 30.3 Å². The predicted molar refractivity (Wildman–Crippen MR) is 97.0 cm³/mol. The smallest absolute Gasteiger partial charge is 0.125 e. The molecule has 1 saturated heterocycles. The summed E-state index contributed by atoms with van der Waals surface area (Å²) < 4.78 is 9.71. The molecule has 1 aliphatic rings. The highest BCUT2D eigenvalue weighted by Gasteiger charge is 2.27. The van der Waals surface area contributed by atoms with E-state index < -0.39 is 0 Å². The van der Waals surface area contributed by atoms with Crippen molar-refractivity contribution in [2.75, 3.05) is 13.2 Å². The van der Waals surface area contributed by atoms with E-state index in [4.69, 9.17) is 4.74 Å². The summed E-state index contributed by atoms with van der Waals surface area (Å²) in [5.41, 5.74) is 3.45. The summed E-state index contributed by atoms with van der Waals surface area (Å²) >= 11 is 0. The first-order valence-electron chi connectivity index (χ1n) is 8.90. The zero-order valence-corrected chi connectivity index (χ0v) is 14.9. The van der Waals surface area contributed by atoms with E-state index >= 15 is 0 Å². The number of fused-ring (bicyclic) bond motifs is 1. The quantitative estimate of drug-likeness (QED) is 0.776. The van der Waals surface area contributed by atoms with Gasteiger partial charge < -0.3 is 19.2 Å². The van der Waals surface area contributed by atoms with E-state index in [-0.39, 0.29) is 6.04 Å². The lowest BCUT2D eigenvalue weighted by molar-refractivity contribution is 0.0518. The second-order valence-electron chi connectivity index (χ2n) is 6.88. The average molecular weight is 339 g/mol. The van der Waals surface area contributed by atoms with E-state index in [2.05, 4.69) is 45.1 Å². The Morgan fingerprint density at radius 2 is 2.04 bits per heavy atom. The molecule has 1 N–H and O–H groups in total. The van der Waals surface area contributed by atoms with Gasteiger partial charge in [0, 0.05) is 46.2 Å². The van der Waals surface area contributed by atoms with Crippen LogP contribution in [0, 0.1) is 5.92 Å². The van der Waals surface area contributed by atoms with E-state index in [0.29, 0.717) is 5.92 Å². The highest BCUT2D eigenvalue weighted by Crippen LogP contribution is 2.29. The van der Waals surface area contributed by atoms with Crippen LogP contribution in [0.3, 0.4) is 0 Å². The minimum Gasteiger partial charge on any atom is -0.381 e. The largest absolute Gasteiger partial charge is 0.381 e. The normalized spacial score (nSPS) is 17.2. The molecule has 0 aliphatic carbocycles. The van der Waals surface area contributed by atoms with Crippen LogP contribution < -0.4 is 5.32 Å². The summed E-state index contributed by atoms with van der Waals surface area (Å²) in [6.45, 7) is 2.49. The van der Waals surface area contributed by atoms with Crippen molar-refractivity contribution >= 4 is 11.0 Å². The first-order valence-corrected chi connectivity index (χ1v) is 8.90. The molecule has 1 aromatic carbocycles. The van der Waals surface area contributed by atoms with Crippen LogP contribution in [0.4, 0.5) is 0 Å². The Hall–Kier alpha value is -2.18. The molecule has 0 amide bonds. The highest BCUT2D eigenvalue weighted by molar-refractivity contribution is 5.75. The molecule has 4 rings (SSSR count). The van der Waals surface area contributed by atoms with Crippen molar-refractivity contribution in [3.8, 4) is 0 Å². The van der Waals surface area contributed by atoms with Gasteiger partial charge in [0.15, 0.2) is 0 Å². The first-order chi connectivity index (χ1) is 12.2. The third-order valence-electron chi connectivity index (χ3n) is 5.19. The van der Waals surface area contributed by atoms with Crippen molar-refractivity contribution in [2.24, 2.45) is 20.0 Å². The van der Waals surface area contributed by atoms with E-state index in [9.17, 15) is 0 Å². The molecule has 0 unspecified atom stereocenters. The molecule has 0 saturated carbocycles. The third-order valence-corrected chi connectivity index (χ3v) is 5.19. The highest BCUT2D eigenvalue weighted by atomic mass is 16.5. The van der Waals surface area contributed by atoms with Gasteiger partial charge in [0.05, 0.1) is 23.4 Å². The van der Waals surface area contributed by atoms with Crippen LogP contribution in [0.5, 0.6) is 0 Å². The van der Waals surface area contributed by atoms with Crippen LogP contribution in [0.2, 0.25) is 0 Å². The maximum absolute atomic E-state index is 5.55. The van der Waals surface area contributed by atoms with E-state index in [0.717, 1.165) is 49.5 Å². The standard InChI is InChI=1S/C19H25N5O/c1-23-8-7-20-19(23)18(15-5-9-25-10-6-15)21-12-14-3-4-17-16(11-14)22-13-24(17)2/h3-4,7-8,11,13,15,18,21H,5-6,9-10,12H2,1-2H3/t18-/m0/s1. The van der Waals surface area contributed by atoms with Crippen LogP contribution in [-0.4, -0.2) is 32.3 Å². The van der Waals surface area contributed by atoms with Crippen molar-refractivity contribution in [1.82, 2.24) is 24.4 Å². The molecule has 1 atom stereocenters. The van der Waals surface area contributed by atoms with Crippen molar-refractivity contribution in [3.63, 3.8) is 0 Å². The lowest BCUT2D eigenvalue weighted by Gasteiger charge is -2.30. The zero-order chi connectivity index (χ0) is 17.2. The van der Waals surface area contributed by atoms with Crippen LogP contribution in [0.25, 0.3) is 11.0 Å². The Morgan fingerprint density at radius 1 is 1.20 bits per heavy atom. The molecule has 0 bridgehead atoms. The topological polar surface area (TPSA) is 56.9 Å². The summed E-state index contributed by atoms with van der Waals surface area (Å²) in [5, 5.41) is 3.75. The molecule has 0 spiro atoms. The molecule has 6 heteroatoms. The van der Waals surface area contributed by atoms with E-state index in [1.54, 1.807) is 0 Å². The Labute approximate surface area is 147 Å². The summed E-state index contributed by atoms with van der Waals surface area (Å²) in [5.74, 6) is 1.65. The maximum atomic E-state index is 5.55. The van der Waals surface area contributed by atoms with Crippen LogP contribution >= 0.6 is 0 Å². The number of rotatable bonds is 5. The first kappa shape index (κ1) is 16.3. The lowest BCUT2D eigenvalue weighted by atomic mass is 9.91. The molecule has 3 aromatic rings. The van der Waals surface area contributed by atoms with Gasteiger partial charge in [0.2, 0.25) is 0 Å². The third kappa shape index (κ3) is 3.32. The molecule has 2 aromatic heterocycles. The van der Waals surface area contributed by atoms with Crippen molar-refractivity contribution in [1.29, 1.82) is 0 Å². The second-order valence-corrected chi connectivity index (χ2v) is 6.88. The van der Waals surface area contributed by atoms with Gasteiger partial charge >= 0.3 is 0 Å². The zero-order valence-electron chi connectivity index (χ0n) is 14.9. The fourth-order valence-corrected chi connectivity index (χ4v) is 3.71. The van der Waals surface area contributed by atoms with Gasteiger partial charge in [-0.1, -0.05) is 6.07 Å². The van der Waals surface area contributed by atoms with Crippen LogP contribution in [0.15, 0.2) is 36.9 Å².